The van der Waals surface area contributed by atoms with Gasteiger partial charge >= 0.3 is 0 Å². The normalized spacial score (nSPS) is 12.4. The van der Waals surface area contributed by atoms with E-state index in [1.165, 1.54) is 11.8 Å². The third kappa shape index (κ3) is 9.49. The summed E-state index contributed by atoms with van der Waals surface area (Å²) in [6.07, 6.45) is 2.39. The molecule has 0 saturated carbocycles. The fraction of sp³-hybridized carbons (Fsp3) is 0.474. The molecule has 3 N–H and O–H groups in total. The zero-order valence-electron chi connectivity index (χ0n) is 17.6. The number of aldehydes is 1. The maximum absolute atomic E-state index is 11.6. The highest BCUT2D eigenvalue weighted by Gasteiger charge is 2.15. The molecule has 1 atom stereocenters. The molecule has 2 rings (SSSR count). The van der Waals surface area contributed by atoms with E-state index < -0.39 is 10.0 Å². The molecule has 0 bridgehead atoms. The number of aliphatic hydroxyl groups excluding tert-OH is 1. The van der Waals surface area contributed by atoms with E-state index in [0.717, 1.165) is 11.8 Å². The first kappa shape index (κ1) is 24.8. The Morgan fingerprint density at radius 1 is 1.16 bits per heavy atom. The Bertz CT molecular complexity index is 955. The molecule has 0 spiro atoms. The Labute approximate surface area is 186 Å². The highest BCUT2D eigenvalue weighted by molar-refractivity contribution is 7.98. The van der Waals surface area contributed by atoms with Crippen molar-refractivity contribution in [2.24, 2.45) is 5.92 Å². The minimum atomic E-state index is -3.57. The van der Waals surface area contributed by atoms with Crippen LogP contribution in [0.5, 0.6) is 5.75 Å². The summed E-state index contributed by atoms with van der Waals surface area (Å²) < 4.78 is 30.7. The van der Waals surface area contributed by atoms with Gasteiger partial charge in [-0.2, -0.15) is 15.0 Å². The van der Waals surface area contributed by atoms with Gasteiger partial charge in [-0.25, -0.2) is 8.42 Å². The minimum absolute atomic E-state index is 0.00349. The fourth-order valence-electron chi connectivity index (χ4n) is 2.59. The molecule has 0 aliphatic carbocycles. The van der Waals surface area contributed by atoms with Gasteiger partial charge in [0.05, 0.1) is 18.9 Å². The Balaban J connectivity index is 2.16. The molecule has 12 heteroatoms. The standard InChI is InChI=1S/C19H27N5O5S2/c1-13(2)10-15(11-26)20-17-21-18(24-31(3,27)28)23-19(22-17)30-12-14-4-6-16(7-5-14)29-9-8-25/h4-8,13,15,26H,9-12H2,1-3H3,(H2,20,21,22,23,24)/t15-/m1/s1. The van der Waals surface area contributed by atoms with Gasteiger partial charge in [0.25, 0.3) is 0 Å². The number of benzene rings is 1. The number of carbonyl (C=O) groups is 1. The van der Waals surface area contributed by atoms with Crippen molar-refractivity contribution >= 4 is 40.0 Å². The number of rotatable bonds is 13. The summed E-state index contributed by atoms with van der Waals surface area (Å²) in [5.74, 6) is 1.53. The molecule has 1 heterocycles. The Kier molecular flexibility index (Phi) is 9.46. The second-order valence-electron chi connectivity index (χ2n) is 7.20. The zero-order valence-corrected chi connectivity index (χ0v) is 19.2. The van der Waals surface area contributed by atoms with Gasteiger partial charge in [-0.15, -0.1) is 0 Å². The number of thioether (sulfide) groups is 1. The summed E-state index contributed by atoms with van der Waals surface area (Å²) in [4.78, 5) is 23.0. The van der Waals surface area contributed by atoms with Crippen molar-refractivity contribution in [3.05, 3.63) is 29.8 Å². The Hall–Kier alpha value is -2.44. The summed E-state index contributed by atoms with van der Waals surface area (Å²) in [5, 5.41) is 13.0. The Morgan fingerprint density at radius 3 is 2.42 bits per heavy atom. The van der Waals surface area contributed by atoms with Crippen LogP contribution in [-0.2, 0) is 20.6 Å². The third-order valence-electron chi connectivity index (χ3n) is 3.81. The summed E-state index contributed by atoms with van der Waals surface area (Å²) in [6, 6.07) is 6.95. The van der Waals surface area contributed by atoms with Crippen LogP contribution in [0.4, 0.5) is 11.9 Å². The molecule has 0 unspecified atom stereocenters. The molecular formula is C19H27N5O5S2. The molecule has 0 saturated heterocycles. The molecule has 1 aromatic carbocycles. The van der Waals surface area contributed by atoms with Crippen molar-refractivity contribution in [3.8, 4) is 5.75 Å². The van der Waals surface area contributed by atoms with Crippen LogP contribution in [-0.4, -0.2) is 60.3 Å². The topological polar surface area (TPSA) is 143 Å². The monoisotopic (exact) mass is 469 g/mol. The zero-order chi connectivity index (χ0) is 22.9. The van der Waals surface area contributed by atoms with Gasteiger partial charge < -0.3 is 15.2 Å². The number of nitrogens with one attached hydrogen (secondary N) is 2. The molecule has 0 aliphatic heterocycles. The molecule has 1 aromatic heterocycles. The quantitative estimate of drug-likeness (QED) is 0.294. The van der Waals surface area contributed by atoms with E-state index in [2.05, 4.69) is 25.0 Å². The van der Waals surface area contributed by atoms with Gasteiger partial charge in [0.1, 0.15) is 12.4 Å². The maximum atomic E-state index is 11.6. The number of nitrogens with zero attached hydrogens (tertiary/aromatic N) is 3. The lowest BCUT2D eigenvalue weighted by Crippen LogP contribution is -2.27. The minimum Gasteiger partial charge on any atom is -0.486 e. The SMILES string of the molecule is CC(C)C[C@H](CO)Nc1nc(NS(C)(=O)=O)nc(SCc2ccc(OCC=O)cc2)n1. The first-order chi connectivity index (χ1) is 14.7. The lowest BCUT2D eigenvalue weighted by atomic mass is 10.0. The second-order valence-corrected chi connectivity index (χ2v) is 9.89. The first-order valence-corrected chi connectivity index (χ1v) is 12.5. The lowest BCUT2D eigenvalue weighted by molar-refractivity contribution is -0.109. The van der Waals surface area contributed by atoms with Gasteiger partial charge in [-0.3, -0.25) is 9.52 Å². The number of hydrogen-bond donors (Lipinski definition) is 3. The van der Waals surface area contributed by atoms with Crippen molar-refractivity contribution in [3.63, 3.8) is 0 Å². The number of aromatic nitrogens is 3. The van der Waals surface area contributed by atoms with Gasteiger partial charge in [-0.1, -0.05) is 37.7 Å². The van der Waals surface area contributed by atoms with Crippen LogP contribution >= 0.6 is 11.8 Å². The number of hydrogen-bond acceptors (Lipinski definition) is 10. The first-order valence-electron chi connectivity index (χ1n) is 9.58. The predicted octanol–water partition coefficient (Wildman–Crippen LogP) is 1.93. The van der Waals surface area contributed by atoms with Crippen molar-refractivity contribution in [1.82, 2.24) is 15.0 Å². The molecule has 0 fully saturated rings. The number of anilines is 2. The maximum Gasteiger partial charge on any atom is 0.242 e. The number of carbonyl (C=O) groups excluding carboxylic acids is 1. The van der Waals surface area contributed by atoms with E-state index in [4.69, 9.17) is 4.74 Å². The van der Waals surface area contributed by atoms with Crippen LogP contribution in [0.25, 0.3) is 0 Å². The van der Waals surface area contributed by atoms with Crippen LogP contribution in [0.1, 0.15) is 25.8 Å². The van der Waals surface area contributed by atoms with Crippen LogP contribution in [0.2, 0.25) is 0 Å². The van der Waals surface area contributed by atoms with Gasteiger partial charge in [0.2, 0.25) is 21.9 Å². The van der Waals surface area contributed by atoms with Crippen molar-refractivity contribution < 1.29 is 23.1 Å². The predicted molar refractivity (Wildman–Crippen MR) is 120 cm³/mol. The van der Waals surface area contributed by atoms with Crippen molar-refractivity contribution in [2.75, 3.05) is 29.5 Å². The van der Waals surface area contributed by atoms with E-state index in [0.29, 0.717) is 35.3 Å². The highest BCUT2D eigenvalue weighted by Crippen LogP contribution is 2.23. The highest BCUT2D eigenvalue weighted by atomic mass is 32.2. The molecule has 170 valence electrons. The largest absolute Gasteiger partial charge is 0.486 e. The average molecular weight is 470 g/mol. The van der Waals surface area contributed by atoms with Crippen molar-refractivity contribution in [1.29, 1.82) is 0 Å². The molecule has 0 amide bonds. The average Bonchev–Trinajstić information content (AvgIpc) is 2.69. The fourth-order valence-corrected chi connectivity index (χ4v) is 3.80. The number of ether oxygens (including phenoxy) is 1. The van der Waals surface area contributed by atoms with E-state index in [9.17, 15) is 18.3 Å². The van der Waals surface area contributed by atoms with E-state index >= 15 is 0 Å². The molecular weight excluding hydrogens is 442 g/mol. The number of aliphatic hydroxyl groups is 1. The molecule has 10 nitrogen and oxygen atoms in total. The molecule has 0 aliphatic rings. The molecule has 2 aromatic rings. The van der Waals surface area contributed by atoms with Crippen LogP contribution in [0.3, 0.4) is 0 Å². The van der Waals surface area contributed by atoms with E-state index in [1.807, 2.05) is 26.0 Å². The van der Waals surface area contributed by atoms with Gasteiger partial charge in [-0.05, 0) is 30.0 Å². The van der Waals surface area contributed by atoms with Gasteiger partial charge in [0, 0.05) is 5.75 Å². The Morgan fingerprint density at radius 2 is 1.84 bits per heavy atom. The smallest absolute Gasteiger partial charge is 0.242 e. The second kappa shape index (κ2) is 11.8. The summed E-state index contributed by atoms with van der Waals surface area (Å²) >= 11 is 1.30. The molecule has 0 radical (unpaired) electrons. The van der Waals surface area contributed by atoms with Crippen LogP contribution in [0.15, 0.2) is 29.4 Å². The summed E-state index contributed by atoms with van der Waals surface area (Å²) in [5.41, 5.74) is 0.962. The van der Waals surface area contributed by atoms with Crippen LogP contribution in [0, 0.1) is 5.92 Å². The molecule has 31 heavy (non-hydrogen) atoms. The summed E-state index contributed by atoms with van der Waals surface area (Å²) in [7, 11) is -3.57. The third-order valence-corrected chi connectivity index (χ3v) is 5.28. The number of sulfonamides is 1. The van der Waals surface area contributed by atoms with Crippen molar-refractivity contribution in [2.45, 2.75) is 37.2 Å². The van der Waals surface area contributed by atoms with E-state index in [-0.39, 0.29) is 31.2 Å². The summed E-state index contributed by atoms with van der Waals surface area (Å²) in [6.45, 7) is 3.95. The lowest BCUT2D eigenvalue weighted by Gasteiger charge is -2.18. The van der Waals surface area contributed by atoms with Gasteiger partial charge in [0.15, 0.2) is 11.4 Å². The van der Waals surface area contributed by atoms with E-state index in [1.54, 1.807) is 12.1 Å². The van der Waals surface area contributed by atoms with Crippen LogP contribution < -0.4 is 14.8 Å².